The molecule has 0 saturated carbocycles. The van der Waals surface area contributed by atoms with Crippen LogP contribution >= 0.6 is 11.8 Å². The van der Waals surface area contributed by atoms with Crippen LogP contribution in [0.1, 0.15) is 26.3 Å². The van der Waals surface area contributed by atoms with Crippen molar-refractivity contribution >= 4 is 17.7 Å². The fourth-order valence-electron chi connectivity index (χ4n) is 1.84. The Bertz CT molecular complexity index is 597. The van der Waals surface area contributed by atoms with Crippen molar-refractivity contribution in [2.45, 2.75) is 31.3 Å². The molecule has 0 spiro atoms. The van der Waals surface area contributed by atoms with Gasteiger partial charge in [0.2, 0.25) is 0 Å². The number of carboxylic acids is 1. The van der Waals surface area contributed by atoms with E-state index in [4.69, 9.17) is 5.11 Å². The van der Waals surface area contributed by atoms with Gasteiger partial charge in [-0.25, -0.2) is 4.98 Å². The Labute approximate surface area is 122 Å². The summed E-state index contributed by atoms with van der Waals surface area (Å²) in [5.74, 6) is -0.829. The molecule has 1 aromatic carbocycles. The monoisotopic (exact) mass is 290 g/mol. The van der Waals surface area contributed by atoms with Crippen molar-refractivity contribution in [3.05, 3.63) is 42.2 Å². The van der Waals surface area contributed by atoms with Crippen LogP contribution in [-0.4, -0.2) is 26.4 Å². The van der Waals surface area contributed by atoms with Crippen LogP contribution in [-0.2, 0) is 10.2 Å². The molecule has 20 heavy (non-hydrogen) atoms. The highest BCUT2D eigenvalue weighted by molar-refractivity contribution is 7.99. The first-order chi connectivity index (χ1) is 9.38. The van der Waals surface area contributed by atoms with Gasteiger partial charge in [0.25, 0.3) is 0 Å². The summed E-state index contributed by atoms with van der Waals surface area (Å²) < 4.78 is 1.90. The normalized spacial score (nSPS) is 11.6. The van der Waals surface area contributed by atoms with Crippen LogP contribution in [0.4, 0.5) is 0 Å². The Morgan fingerprint density at radius 2 is 1.95 bits per heavy atom. The molecule has 1 aromatic heterocycles. The molecule has 2 aromatic rings. The van der Waals surface area contributed by atoms with Crippen molar-refractivity contribution < 1.29 is 9.90 Å². The molecule has 0 atom stereocenters. The van der Waals surface area contributed by atoms with Crippen LogP contribution in [0.15, 0.2) is 41.8 Å². The number of imidazole rings is 1. The average Bonchev–Trinajstić information content (AvgIpc) is 2.83. The first kappa shape index (κ1) is 14.7. The zero-order valence-electron chi connectivity index (χ0n) is 11.8. The molecule has 0 saturated heterocycles. The second kappa shape index (κ2) is 5.71. The molecule has 4 nitrogen and oxygen atoms in total. The number of benzene rings is 1. The number of aliphatic carboxylic acids is 1. The van der Waals surface area contributed by atoms with E-state index in [0.717, 1.165) is 5.69 Å². The van der Waals surface area contributed by atoms with Gasteiger partial charge in [0.05, 0.1) is 5.75 Å². The second-order valence-electron chi connectivity index (χ2n) is 5.56. The quantitative estimate of drug-likeness (QED) is 0.877. The van der Waals surface area contributed by atoms with E-state index in [2.05, 4.69) is 37.9 Å². The van der Waals surface area contributed by atoms with Gasteiger partial charge in [-0.1, -0.05) is 44.7 Å². The van der Waals surface area contributed by atoms with Crippen molar-refractivity contribution in [3.8, 4) is 5.69 Å². The van der Waals surface area contributed by atoms with E-state index in [0.29, 0.717) is 5.16 Å². The van der Waals surface area contributed by atoms with Crippen molar-refractivity contribution in [1.82, 2.24) is 9.55 Å². The number of rotatable bonds is 4. The number of carbonyl (C=O) groups is 1. The molecule has 106 valence electrons. The third-order valence-electron chi connectivity index (χ3n) is 2.94. The van der Waals surface area contributed by atoms with E-state index in [-0.39, 0.29) is 11.2 Å². The third-order valence-corrected chi connectivity index (χ3v) is 3.89. The lowest BCUT2D eigenvalue weighted by Crippen LogP contribution is -2.10. The fraction of sp³-hybridized carbons (Fsp3) is 0.333. The van der Waals surface area contributed by atoms with Crippen LogP contribution < -0.4 is 0 Å². The summed E-state index contributed by atoms with van der Waals surface area (Å²) in [4.78, 5) is 14.8. The van der Waals surface area contributed by atoms with Crippen LogP contribution in [0.5, 0.6) is 0 Å². The van der Waals surface area contributed by atoms with Gasteiger partial charge in [-0.3, -0.25) is 9.36 Å². The fourth-order valence-corrected chi connectivity index (χ4v) is 2.53. The molecule has 0 amide bonds. The van der Waals surface area contributed by atoms with E-state index < -0.39 is 5.97 Å². The van der Waals surface area contributed by atoms with E-state index in [1.54, 1.807) is 6.20 Å². The molecular weight excluding hydrogens is 272 g/mol. The highest BCUT2D eigenvalue weighted by Crippen LogP contribution is 2.25. The van der Waals surface area contributed by atoms with E-state index in [1.807, 2.05) is 22.9 Å². The van der Waals surface area contributed by atoms with Gasteiger partial charge >= 0.3 is 5.97 Å². The number of thioether (sulfide) groups is 1. The van der Waals surface area contributed by atoms with E-state index >= 15 is 0 Å². The molecule has 0 aliphatic carbocycles. The maximum atomic E-state index is 10.6. The Kier molecular flexibility index (Phi) is 4.18. The van der Waals surface area contributed by atoms with Crippen LogP contribution in [0.3, 0.4) is 0 Å². The van der Waals surface area contributed by atoms with Crippen molar-refractivity contribution in [2.75, 3.05) is 5.75 Å². The van der Waals surface area contributed by atoms with Gasteiger partial charge in [0.1, 0.15) is 0 Å². The Hall–Kier alpha value is -1.75. The number of hydrogen-bond acceptors (Lipinski definition) is 3. The lowest BCUT2D eigenvalue weighted by Gasteiger charge is -2.19. The minimum Gasteiger partial charge on any atom is -0.481 e. The highest BCUT2D eigenvalue weighted by Gasteiger charge is 2.14. The standard InChI is InChI=1S/C15H18N2O2S/c1-15(2,3)11-4-6-12(7-5-11)17-9-8-16-14(17)20-10-13(18)19/h4-9H,10H2,1-3H3,(H,18,19). The third kappa shape index (κ3) is 3.42. The zero-order valence-corrected chi connectivity index (χ0v) is 12.6. The summed E-state index contributed by atoms with van der Waals surface area (Å²) >= 11 is 1.22. The molecule has 0 aliphatic rings. The molecule has 0 unspecified atom stereocenters. The van der Waals surface area contributed by atoms with Crippen molar-refractivity contribution in [1.29, 1.82) is 0 Å². The van der Waals surface area contributed by atoms with Crippen LogP contribution in [0.2, 0.25) is 0 Å². The van der Waals surface area contributed by atoms with Gasteiger partial charge in [-0.05, 0) is 23.1 Å². The molecule has 0 aliphatic heterocycles. The predicted molar refractivity (Wildman–Crippen MR) is 80.6 cm³/mol. The van der Waals surface area contributed by atoms with Crippen LogP contribution in [0, 0.1) is 0 Å². The summed E-state index contributed by atoms with van der Waals surface area (Å²) in [6, 6.07) is 8.27. The topological polar surface area (TPSA) is 55.1 Å². The largest absolute Gasteiger partial charge is 0.481 e. The van der Waals surface area contributed by atoms with Gasteiger partial charge in [0, 0.05) is 18.1 Å². The smallest absolute Gasteiger partial charge is 0.313 e. The summed E-state index contributed by atoms with van der Waals surface area (Å²) in [6.45, 7) is 6.52. The summed E-state index contributed by atoms with van der Waals surface area (Å²) in [5, 5.41) is 9.43. The highest BCUT2D eigenvalue weighted by atomic mass is 32.2. The Morgan fingerprint density at radius 1 is 1.30 bits per heavy atom. The molecular formula is C15H18N2O2S. The first-order valence-electron chi connectivity index (χ1n) is 6.37. The lowest BCUT2D eigenvalue weighted by atomic mass is 9.87. The summed E-state index contributed by atoms with van der Waals surface area (Å²) in [6.07, 6.45) is 3.53. The van der Waals surface area contributed by atoms with E-state index in [1.165, 1.54) is 17.3 Å². The van der Waals surface area contributed by atoms with Crippen molar-refractivity contribution in [2.24, 2.45) is 0 Å². The van der Waals surface area contributed by atoms with Gasteiger partial charge in [-0.15, -0.1) is 0 Å². The molecule has 0 bridgehead atoms. The SMILES string of the molecule is CC(C)(C)c1ccc(-n2ccnc2SCC(=O)O)cc1. The predicted octanol–water partition coefficient (Wildman–Crippen LogP) is 3.35. The van der Waals surface area contributed by atoms with Gasteiger partial charge < -0.3 is 5.11 Å². The lowest BCUT2D eigenvalue weighted by molar-refractivity contribution is -0.133. The van der Waals surface area contributed by atoms with Crippen LogP contribution in [0.25, 0.3) is 5.69 Å². The first-order valence-corrected chi connectivity index (χ1v) is 7.35. The Balaban J connectivity index is 2.24. The van der Waals surface area contributed by atoms with Gasteiger partial charge in [0.15, 0.2) is 5.16 Å². The molecule has 5 heteroatoms. The Morgan fingerprint density at radius 3 is 2.50 bits per heavy atom. The number of carboxylic acid groups (broad SMARTS) is 1. The average molecular weight is 290 g/mol. The minimum absolute atomic E-state index is 0.0110. The maximum absolute atomic E-state index is 10.6. The molecule has 0 fully saturated rings. The maximum Gasteiger partial charge on any atom is 0.313 e. The van der Waals surface area contributed by atoms with Crippen molar-refractivity contribution in [3.63, 3.8) is 0 Å². The summed E-state index contributed by atoms with van der Waals surface area (Å²) in [7, 11) is 0. The zero-order chi connectivity index (χ0) is 14.8. The summed E-state index contributed by atoms with van der Waals surface area (Å²) in [5.41, 5.74) is 2.37. The van der Waals surface area contributed by atoms with E-state index in [9.17, 15) is 4.79 Å². The number of aromatic nitrogens is 2. The minimum atomic E-state index is -0.840. The molecule has 2 rings (SSSR count). The molecule has 0 radical (unpaired) electrons. The number of hydrogen-bond donors (Lipinski definition) is 1. The van der Waals surface area contributed by atoms with Gasteiger partial charge in [-0.2, -0.15) is 0 Å². The molecule has 1 heterocycles. The second-order valence-corrected chi connectivity index (χ2v) is 6.50. The number of nitrogens with zero attached hydrogens (tertiary/aromatic N) is 2. The molecule has 1 N–H and O–H groups in total.